The van der Waals surface area contributed by atoms with E-state index in [2.05, 4.69) is 11.9 Å². The van der Waals surface area contributed by atoms with E-state index in [0.29, 0.717) is 0 Å². The Morgan fingerprint density at radius 3 is 2.90 bits per heavy atom. The first-order valence-corrected chi connectivity index (χ1v) is 4.96. The molecule has 1 N–H and O–H groups in total. The molecule has 0 radical (unpaired) electrons. The van der Waals surface area contributed by atoms with Gasteiger partial charge in [0.05, 0.1) is 0 Å². The van der Waals surface area contributed by atoms with E-state index < -0.39 is 10.8 Å². The predicted octanol–water partition coefficient (Wildman–Crippen LogP) is 0.531. The third kappa shape index (κ3) is 5.98. The summed E-state index contributed by atoms with van der Waals surface area (Å²) in [5.74, 6) is 1.51. The van der Waals surface area contributed by atoms with E-state index in [9.17, 15) is 4.21 Å². The molecule has 2 nitrogen and oxygen atoms in total. The lowest BCUT2D eigenvalue weighted by Crippen LogP contribution is -2.20. The van der Waals surface area contributed by atoms with Gasteiger partial charge in [-0.3, -0.25) is 4.21 Å². The van der Waals surface area contributed by atoms with Crippen LogP contribution in [0.1, 0.15) is 6.92 Å². The van der Waals surface area contributed by atoms with Gasteiger partial charge in [-0.05, 0) is 0 Å². The molecule has 0 aromatic rings. The molecule has 0 spiro atoms. The molecule has 0 heterocycles. The van der Waals surface area contributed by atoms with Crippen LogP contribution in [0.5, 0.6) is 0 Å². The molecule has 0 saturated heterocycles. The fourth-order valence-corrected chi connectivity index (χ4v) is 1.20. The molecule has 0 aromatic carbocycles. The quantitative estimate of drug-likeness (QED) is 0.455. The normalized spacial score (nSPS) is 12.9. The Labute approximate surface area is 65.2 Å². The van der Waals surface area contributed by atoms with Crippen molar-refractivity contribution >= 4 is 10.8 Å². The van der Waals surface area contributed by atoms with Crippen molar-refractivity contribution in [1.29, 1.82) is 0 Å². The maximum absolute atomic E-state index is 10.8. The lowest BCUT2D eigenvalue weighted by Gasteiger charge is -1.98. The average Bonchev–Trinajstić information content (AvgIpc) is 1.98. The molecule has 3 heteroatoms. The molecule has 0 fully saturated rings. The van der Waals surface area contributed by atoms with Crippen LogP contribution in [0, 0.1) is 0 Å². The molecule has 0 aromatic heterocycles. The Morgan fingerprint density at radius 1 is 1.70 bits per heavy atom. The van der Waals surface area contributed by atoms with Gasteiger partial charge in [0.2, 0.25) is 0 Å². The van der Waals surface area contributed by atoms with E-state index >= 15 is 0 Å². The number of hydrogen-bond acceptors (Lipinski definition) is 2. The largest absolute Gasteiger partial charge is 0.312 e. The van der Waals surface area contributed by atoms with Crippen LogP contribution in [0.25, 0.3) is 0 Å². The average molecular weight is 161 g/mol. The Balaban J connectivity index is 3.03. The number of nitrogens with one attached hydrogen (secondary N) is 1. The van der Waals surface area contributed by atoms with Crippen molar-refractivity contribution in [3.8, 4) is 0 Å². The summed E-state index contributed by atoms with van der Waals surface area (Å²) in [4.78, 5) is 0. The van der Waals surface area contributed by atoms with Crippen LogP contribution < -0.4 is 5.32 Å². The van der Waals surface area contributed by atoms with Crippen molar-refractivity contribution in [2.45, 2.75) is 6.92 Å². The fraction of sp³-hybridized carbons (Fsp3) is 0.714. The van der Waals surface area contributed by atoms with Gasteiger partial charge in [-0.25, -0.2) is 0 Å². The second kappa shape index (κ2) is 6.96. The Kier molecular flexibility index (Phi) is 6.86. The summed E-state index contributed by atoms with van der Waals surface area (Å²) in [5.41, 5.74) is 0. The monoisotopic (exact) mass is 161 g/mol. The molecule has 1 unspecified atom stereocenters. The molecule has 0 rings (SSSR count). The van der Waals surface area contributed by atoms with Crippen LogP contribution >= 0.6 is 0 Å². The van der Waals surface area contributed by atoms with E-state index in [4.69, 9.17) is 0 Å². The molecule has 0 bridgehead atoms. The van der Waals surface area contributed by atoms with Crippen molar-refractivity contribution in [3.63, 3.8) is 0 Å². The highest BCUT2D eigenvalue weighted by Crippen LogP contribution is 1.78. The third-order valence-corrected chi connectivity index (χ3v) is 2.42. The standard InChI is InChI=1S/C7H15NOS/c1-3-5-8-6-7-10(9)4-2/h3,8H,1,4-7H2,2H3. The number of rotatable bonds is 6. The van der Waals surface area contributed by atoms with Gasteiger partial charge in [0, 0.05) is 35.4 Å². The first-order chi connectivity index (χ1) is 4.81. The maximum atomic E-state index is 10.8. The van der Waals surface area contributed by atoms with Crippen LogP contribution in [0.3, 0.4) is 0 Å². The minimum absolute atomic E-state index is 0.627. The Morgan fingerprint density at radius 2 is 2.40 bits per heavy atom. The summed E-state index contributed by atoms with van der Waals surface area (Å²) in [6, 6.07) is 0. The van der Waals surface area contributed by atoms with Gasteiger partial charge in [-0.1, -0.05) is 13.0 Å². The van der Waals surface area contributed by atoms with Gasteiger partial charge in [0.15, 0.2) is 0 Å². The summed E-state index contributed by atoms with van der Waals surface area (Å²) in [7, 11) is -0.627. The zero-order chi connectivity index (χ0) is 7.82. The predicted molar refractivity (Wildman–Crippen MR) is 46.6 cm³/mol. The molecule has 0 saturated carbocycles. The van der Waals surface area contributed by atoms with E-state index in [1.165, 1.54) is 0 Å². The van der Waals surface area contributed by atoms with E-state index in [1.807, 2.05) is 6.92 Å². The van der Waals surface area contributed by atoms with Crippen molar-refractivity contribution in [2.75, 3.05) is 24.6 Å². The molecule has 0 amide bonds. The topological polar surface area (TPSA) is 29.1 Å². The van der Waals surface area contributed by atoms with Gasteiger partial charge in [0.1, 0.15) is 0 Å². The van der Waals surface area contributed by atoms with Crippen LogP contribution in [0.4, 0.5) is 0 Å². The van der Waals surface area contributed by atoms with Crippen LogP contribution in [0.2, 0.25) is 0 Å². The molecule has 1 atom stereocenters. The highest BCUT2D eigenvalue weighted by atomic mass is 32.2. The summed E-state index contributed by atoms with van der Waals surface area (Å²) < 4.78 is 10.8. The smallest absolute Gasteiger partial charge is 0.0360 e. The van der Waals surface area contributed by atoms with Crippen molar-refractivity contribution in [3.05, 3.63) is 12.7 Å². The van der Waals surface area contributed by atoms with Crippen molar-refractivity contribution in [2.24, 2.45) is 0 Å². The van der Waals surface area contributed by atoms with Gasteiger partial charge < -0.3 is 5.32 Å². The van der Waals surface area contributed by atoms with Crippen molar-refractivity contribution < 1.29 is 4.21 Å². The van der Waals surface area contributed by atoms with E-state index in [-0.39, 0.29) is 0 Å². The minimum Gasteiger partial charge on any atom is -0.312 e. The molecule has 60 valence electrons. The summed E-state index contributed by atoms with van der Waals surface area (Å²) in [6.07, 6.45) is 1.80. The minimum atomic E-state index is -0.627. The summed E-state index contributed by atoms with van der Waals surface area (Å²) >= 11 is 0. The second-order valence-corrected chi connectivity index (χ2v) is 3.79. The lowest BCUT2D eigenvalue weighted by atomic mass is 10.6. The van der Waals surface area contributed by atoms with Crippen molar-refractivity contribution in [1.82, 2.24) is 5.32 Å². The van der Waals surface area contributed by atoms with Crippen LogP contribution in [-0.2, 0) is 10.8 Å². The third-order valence-electron chi connectivity index (χ3n) is 1.12. The van der Waals surface area contributed by atoms with Crippen LogP contribution in [0.15, 0.2) is 12.7 Å². The fourth-order valence-electron chi connectivity index (χ4n) is 0.534. The zero-order valence-electron chi connectivity index (χ0n) is 6.43. The Hall–Kier alpha value is -0.150. The lowest BCUT2D eigenvalue weighted by molar-refractivity contribution is 0.679. The zero-order valence-corrected chi connectivity index (χ0v) is 7.25. The molecule has 10 heavy (non-hydrogen) atoms. The second-order valence-electron chi connectivity index (χ2n) is 1.93. The van der Waals surface area contributed by atoms with Gasteiger partial charge in [-0.15, -0.1) is 6.58 Å². The maximum Gasteiger partial charge on any atom is 0.0360 e. The molecule has 0 aliphatic rings. The highest BCUT2D eigenvalue weighted by Gasteiger charge is 1.92. The molecular formula is C7H15NOS. The van der Waals surface area contributed by atoms with Crippen LogP contribution in [-0.4, -0.2) is 28.8 Å². The van der Waals surface area contributed by atoms with Gasteiger partial charge in [0.25, 0.3) is 0 Å². The highest BCUT2D eigenvalue weighted by molar-refractivity contribution is 7.84. The summed E-state index contributed by atoms with van der Waals surface area (Å²) in [6.45, 7) is 7.13. The Bertz CT molecular complexity index is 114. The first-order valence-electron chi connectivity index (χ1n) is 3.47. The van der Waals surface area contributed by atoms with Gasteiger partial charge in [-0.2, -0.15) is 0 Å². The van der Waals surface area contributed by atoms with E-state index in [1.54, 1.807) is 6.08 Å². The molecular weight excluding hydrogens is 146 g/mol. The summed E-state index contributed by atoms with van der Waals surface area (Å²) in [5, 5.41) is 3.09. The van der Waals surface area contributed by atoms with Gasteiger partial charge >= 0.3 is 0 Å². The molecule has 0 aliphatic carbocycles. The van der Waals surface area contributed by atoms with E-state index in [0.717, 1.165) is 24.6 Å². The number of hydrogen-bond donors (Lipinski definition) is 1. The first kappa shape index (κ1) is 9.85. The SMILES string of the molecule is C=CCNCCS(=O)CC. The molecule has 0 aliphatic heterocycles.